The minimum absolute atomic E-state index is 0.0109. The Morgan fingerprint density at radius 1 is 0.946 bits per heavy atom. The van der Waals surface area contributed by atoms with E-state index < -0.39 is 23.1 Å². The van der Waals surface area contributed by atoms with Crippen molar-refractivity contribution in [3.05, 3.63) is 106 Å². The third-order valence-electron chi connectivity index (χ3n) is 6.12. The van der Waals surface area contributed by atoms with Gasteiger partial charge < -0.3 is 19.8 Å². The summed E-state index contributed by atoms with van der Waals surface area (Å²) in [6, 6.07) is 21.6. The van der Waals surface area contributed by atoms with Crippen molar-refractivity contribution in [2.24, 2.45) is 0 Å². The zero-order valence-electron chi connectivity index (χ0n) is 19.1. The number of anilines is 1. The highest BCUT2D eigenvalue weighted by molar-refractivity contribution is 5.97. The molecule has 0 bridgehead atoms. The fraction of sp³-hybridized carbons (Fsp3) is 0.0714. The van der Waals surface area contributed by atoms with Crippen molar-refractivity contribution in [3.63, 3.8) is 0 Å². The number of nitrogen functional groups attached to an aromatic ring is 1. The highest BCUT2D eigenvalue weighted by atomic mass is 19.4. The number of nitrogens with zero attached hydrogens (tertiary/aromatic N) is 2. The van der Waals surface area contributed by atoms with Gasteiger partial charge in [0.05, 0.1) is 16.6 Å². The Balaban J connectivity index is 1.87. The first-order valence-corrected chi connectivity index (χ1v) is 11.1. The predicted octanol–water partition coefficient (Wildman–Crippen LogP) is 6.16. The zero-order chi connectivity index (χ0) is 26.3. The van der Waals surface area contributed by atoms with Gasteiger partial charge in [-0.15, -0.1) is 0 Å². The number of benzene rings is 3. The van der Waals surface area contributed by atoms with Crippen LogP contribution in [0.15, 0.2) is 88.1 Å². The normalized spacial score (nSPS) is 11.5. The highest BCUT2D eigenvalue weighted by Gasteiger charge is 2.32. The van der Waals surface area contributed by atoms with Gasteiger partial charge in [-0.25, -0.2) is 4.79 Å². The van der Waals surface area contributed by atoms with E-state index in [2.05, 4.69) is 0 Å². The van der Waals surface area contributed by atoms with Crippen molar-refractivity contribution in [3.8, 4) is 34.2 Å². The Labute approximate surface area is 208 Å². The first kappa shape index (κ1) is 23.8. The van der Waals surface area contributed by atoms with Gasteiger partial charge in [0, 0.05) is 12.1 Å². The van der Waals surface area contributed by atoms with Crippen molar-refractivity contribution < 1.29 is 22.7 Å². The van der Waals surface area contributed by atoms with Crippen LogP contribution in [-0.4, -0.2) is 9.67 Å². The number of nitriles is 1. The zero-order valence-corrected chi connectivity index (χ0v) is 19.1. The molecule has 5 aromatic rings. The molecule has 0 atom stereocenters. The Bertz CT molecular complexity index is 1730. The Morgan fingerprint density at radius 2 is 1.59 bits per heavy atom. The van der Waals surface area contributed by atoms with E-state index in [0.717, 1.165) is 17.7 Å². The van der Waals surface area contributed by atoms with Gasteiger partial charge in [-0.1, -0.05) is 54.6 Å². The number of aromatic hydroxyl groups is 1. The second kappa shape index (κ2) is 8.91. The third-order valence-corrected chi connectivity index (χ3v) is 6.12. The predicted molar refractivity (Wildman–Crippen MR) is 133 cm³/mol. The van der Waals surface area contributed by atoms with Crippen molar-refractivity contribution in [2.45, 2.75) is 12.7 Å². The molecule has 2 aromatic heterocycles. The highest BCUT2D eigenvalue weighted by Crippen LogP contribution is 2.44. The molecule has 0 fully saturated rings. The van der Waals surface area contributed by atoms with Gasteiger partial charge in [0.25, 0.3) is 0 Å². The Hall–Kier alpha value is -4.97. The van der Waals surface area contributed by atoms with Gasteiger partial charge in [0.2, 0.25) is 0 Å². The average molecular weight is 501 g/mol. The van der Waals surface area contributed by atoms with Crippen LogP contribution in [-0.2, 0) is 12.7 Å². The van der Waals surface area contributed by atoms with Crippen molar-refractivity contribution in [1.82, 2.24) is 4.57 Å². The number of nitrogens with two attached hydrogens (primary N) is 1. The second-order valence-electron chi connectivity index (χ2n) is 8.35. The van der Waals surface area contributed by atoms with Crippen LogP contribution in [0.4, 0.5) is 19.0 Å². The molecule has 0 unspecified atom stereocenters. The number of rotatable bonds is 4. The molecule has 5 rings (SSSR count). The van der Waals surface area contributed by atoms with E-state index in [4.69, 9.17) is 10.2 Å². The van der Waals surface area contributed by atoms with Crippen LogP contribution in [0.5, 0.6) is 5.75 Å². The summed E-state index contributed by atoms with van der Waals surface area (Å²) in [5.74, 6) is -0.403. The van der Waals surface area contributed by atoms with Gasteiger partial charge in [-0.2, -0.15) is 18.4 Å². The van der Waals surface area contributed by atoms with E-state index in [9.17, 15) is 28.3 Å². The fourth-order valence-corrected chi connectivity index (χ4v) is 4.39. The lowest BCUT2D eigenvalue weighted by atomic mass is 9.96. The van der Waals surface area contributed by atoms with Gasteiger partial charge in [0.1, 0.15) is 34.3 Å². The maximum Gasteiger partial charge on any atom is 0.416 e. The van der Waals surface area contributed by atoms with Gasteiger partial charge in [0.15, 0.2) is 0 Å². The van der Waals surface area contributed by atoms with Gasteiger partial charge in [-0.05, 0) is 35.4 Å². The smallest absolute Gasteiger partial charge is 0.416 e. The Morgan fingerprint density at radius 3 is 2.24 bits per heavy atom. The molecule has 6 nitrogen and oxygen atoms in total. The summed E-state index contributed by atoms with van der Waals surface area (Å²) in [5, 5.41) is 21.5. The lowest BCUT2D eigenvalue weighted by Gasteiger charge is -2.15. The number of para-hydroxylation sites is 1. The first-order chi connectivity index (χ1) is 17.7. The van der Waals surface area contributed by atoms with Crippen LogP contribution in [0.25, 0.3) is 33.4 Å². The van der Waals surface area contributed by atoms with Crippen molar-refractivity contribution >= 4 is 16.8 Å². The molecular formula is C28H18F3N3O3. The summed E-state index contributed by atoms with van der Waals surface area (Å²) >= 11 is 0. The lowest BCUT2D eigenvalue weighted by Crippen LogP contribution is -2.11. The van der Waals surface area contributed by atoms with E-state index in [1.165, 1.54) is 22.8 Å². The van der Waals surface area contributed by atoms with E-state index in [1.54, 1.807) is 30.3 Å². The standard InChI is InChI=1S/C28H18F3N3O3/c29-28(30,31)18-12-10-17(11-13-18)22-20(14-32)26(33)34(15-16-6-2-1-3-7-16)24(22)23-25(35)19-8-4-5-9-21(19)37-27(23)36/h1-13,35H,15,33H2. The maximum atomic E-state index is 13.2. The van der Waals surface area contributed by atoms with E-state index in [-0.39, 0.29) is 51.3 Å². The summed E-state index contributed by atoms with van der Waals surface area (Å²) in [5.41, 5.74) is 5.66. The second-order valence-corrected chi connectivity index (χ2v) is 8.35. The number of halogens is 3. The average Bonchev–Trinajstić information content (AvgIpc) is 3.15. The lowest BCUT2D eigenvalue weighted by molar-refractivity contribution is -0.137. The topological polar surface area (TPSA) is 105 Å². The molecule has 3 aromatic carbocycles. The number of hydrogen-bond acceptors (Lipinski definition) is 5. The number of hydrogen-bond donors (Lipinski definition) is 2. The third kappa shape index (κ3) is 4.08. The fourth-order valence-electron chi connectivity index (χ4n) is 4.39. The molecular weight excluding hydrogens is 483 g/mol. The molecule has 0 amide bonds. The van der Waals surface area contributed by atoms with Gasteiger partial charge >= 0.3 is 11.8 Å². The molecule has 0 radical (unpaired) electrons. The first-order valence-electron chi connectivity index (χ1n) is 11.1. The van der Waals surface area contributed by atoms with Crippen LogP contribution in [0, 0.1) is 11.3 Å². The van der Waals surface area contributed by atoms with Crippen LogP contribution in [0.1, 0.15) is 16.7 Å². The van der Waals surface area contributed by atoms with Crippen LogP contribution in [0.2, 0.25) is 0 Å². The number of alkyl halides is 3. The largest absolute Gasteiger partial charge is 0.506 e. The number of fused-ring (bicyclic) bond motifs is 1. The molecule has 184 valence electrons. The number of aromatic nitrogens is 1. The molecule has 37 heavy (non-hydrogen) atoms. The minimum atomic E-state index is -4.56. The molecule has 0 saturated carbocycles. The van der Waals surface area contributed by atoms with Crippen LogP contribution >= 0.6 is 0 Å². The SMILES string of the molecule is N#Cc1c(-c2ccc(C(F)(F)F)cc2)c(-c2c(O)c3ccccc3oc2=O)n(Cc2ccccc2)c1N. The monoisotopic (exact) mass is 501 g/mol. The molecule has 0 aliphatic heterocycles. The van der Waals surface area contributed by atoms with Crippen LogP contribution < -0.4 is 11.4 Å². The van der Waals surface area contributed by atoms with E-state index in [1.807, 2.05) is 24.3 Å². The summed E-state index contributed by atoms with van der Waals surface area (Å²) in [7, 11) is 0. The van der Waals surface area contributed by atoms with E-state index >= 15 is 0 Å². The summed E-state index contributed by atoms with van der Waals surface area (Å²) < 4.78 is 46.6. The molecule has 9 heteroatoms. The maximum absolute atomic E-state index is 13.2. The van der Waals surface area contributed by atoms with Crippen molar-refractivity contribution in [2.75, 3.05) is 5.73 Å². The summed E-state index contributed by atoms with van der Waals surface area (Å²) in [6.45, 7) is 0.114. The quantitative estimate of drug-likeness (QED) is 0.287. The van der Waals surface area contributed by atoms with Crippen LogP contribution in [0.3, 0.4) is 0 Å². The molecule has 2 heterocycles. The molecule has 0 saturated heterocycles. The summed E-state index contributed by atoms with van der Waals surface area (Å²) in [4.78, 5) is 13.2. The Kier molecular flexibility index (Phi) is 5.72. The summed E-state index contributed by atoms with van der Waals surface area (Å²) in [6.07, 6.45) is -4.56. The van der Waals surface area contributed by atoms with E-state index in [0.29, 0.717) is 0 Å². The molecule has 0 aliphatic rings. The molecule has 0 aliphatic carbocycles. The minimum Gasteiger partial charge on any atom is -0.506 e. The van der Waals surface area contributed by atoms with Gasteiger partial charge in [-0.3, -0.25) is 0 Å². The molecule has 3 N–H and O–H groups in total. The molecule has 0 spiro atoms. The van der Waals surface area contributed by atoms with Crippen molar-refractivity contribution in [1.29, 1.82) is 5.26 Å².